The minimum absolute atomic E-state index is 0.777. The zero-order valence-corrected chi connectivity index (χ0v) is 12.7. The highest BCUT2D eigenvalue weighted by Crippen LogP contribution is 2.31. The number of hydrogen-bond donors (Lipinski definition) is 1. The summed E-state index contributed by atoms with van der Waals surface area (Å²) in [6, 6.07) is 11.5. The van der Waals surface area contributed by atoms with Gasteiger partial charge in [-0.1, -0.05) is 18.2 Å². The lowest BCUT2D eigenvalue weighted by molar-refractivity contribution is 0.316. The van der Waals surface area contributed by atoms with Gasteiger partial charge in [0, 0.05) is 24.5 Å². The molecule has 1 aromatic heterocycles. The van der Waals surface area contributed by atoms with Crippen molar-refractivity contribution in [3.8, 4) is 0 Å². The van der Waals surface area contributed by atoms with Crippen molar-refractivity contribution in [1.82, 2.24) is 9.88 Å². The maximum absolute atomic E-state index is 4.74. The van der Waals surface area contributed by atoms with Crippen molar-refractivity contribution in [3.05, 3.63) is 35.9 Å². The number of rotatable bonds is 4. The van der Waals surface area contributed by atoms with Gasteiger partial charge < -0.3 is 10.2 Å². The first-order valence-electron chi connectivity index (χ1n) is 8.14. The summed E-state index contributed by atoms with van der Waals surface area (Å²) in [5.74, 6) is 1.80. The van der Waals surface area contributed by atoms with E-state index in [2.05, 4.69) is 47.5 Å². The second-order valence-electron chi connectivity index (χ2n) is 6.60. The van der Waals surface area contributed by atoms with Gasteiger partial charge in [-0.05, 0) is 56.3 Å². The number of aryl methyl sites for hydroxylation is 1. The first-order chi connectivity index (χ1) is 10.3. The van der Waals surface area contributed by atoms with Crippen LogP contribution in [0.3, 0.4) is 0 Å². The van der Waals surface area contributed by atoms with Gasteiger partial charge in [0.2, 0.25) is 0 Å². The Bertz CT molecular complexity index is 648. The van der Waals surface area contributed by atoms with E-state index in [-0.39, 0.29) is 0 Å². The van der Waals surface area contributed by atoms with Gasteiger partial charge in [0.15, 0.2) is 0 Å². The molecule has 1 saturated carbocycles. The van der Waals surface area contributed by atoms with Crippen LogP contribution in [-0.2, 0) is 0 Å². The molecule has 2 aromatic rings. The summed E-state index contributed by atoms with van der Waals surface area (Å²) < 4.78 is 0. The normalized spacial score (nSPS) is 22.8. The van der Waals surface area contributed by atoms with E-state index < -0.39 is 0 Å². The summed E-state index contributed by atoms with van der Waals surface area (Å²) in [4.78, 5) is 7.41. The van der Waals surface area contributed by atoms with Gasteiger partial charge >= 0.3 is 0 Å². The molecule has 2 heterocycles. The van der Waals surface area contributed by atoms with Crippen molar-refractivity contribution in [2.45, 2.75) is 32.2 Å². The molecule has 21 heavy (non-hydrogen) atoms. The van der Waals surface area contributed by atoms with Crippen LogP contribution in [0.15, 0.2) is 30.3 Å². The molecular weight excluding hydrogens is 258 g/mol. The summed E-state index contributed by atoms with van der Waals surface area (Å²) in [5, 5.41) is 4.82. The third-order valence-electron chi connectivity index (χ3n) is 4.88. The number of anilines is 1. The van der Waals surface area contributed by atoms with Gasteiger partial charge in [-0.15, -0.1) is 0 Å². The Morgan fingerprint density at radius 2 is 2.10 bits per heavy atom. The highest BCUT2D eigenvalue weighted by atomic mass is 15.2. The Balaban J connectivity index is 1.42. The molecule has 1 aromatic carbocycles. The third-order valence-corrected chi connectivity index (χ3v) is 4.88. The summed E-state index contributed by atoms with van der Waals surface area (Å²) >= 11 is 0. The molecule has 3 nitrogen and oxygen atoms in total. The van der Waals surface area contributed by atoms with Crippen molar-refractivity contribution < 1.29 is 0 Å². The standard InChI is InChI=1S/C18H23N3/c1-13-10-18(20-17-5-3-2-4-16(13)17)19-11-14-8-9-21(12-14)15-6-7-15/h2-5,10,14-15H,6-9,11-12H2,1H3,(H,19,20). The quantitative estimate of drug-likeness (QED) is 0.930. The molecule has 1 atom stereocenters. The van der Waals surface area contributed by atoms with Crippen LogP contribution in [0.25, 0.3) is 10.9 Å². The average molecular weight is 281 g/mol. The van der Waals surface area contributed by atoms with Crippen LogP contribution in [-0.4, -0.2) is 35.6 Å². The van der Waals surface area contributed by atoms with Crippen LogP contribution in [0.4, 0.5) is 5.82 Å². The second kappa shape index (κ2) is 5.30. The van der Waals surface area contributed by atoms with Crippen LogP contribution in [0.1, 0.15) is 24.8 Å². The van der Waals surface area contributed by atoms with Crippen LogP contribution < -0.4 is 5.32 Å². The Kier molecular flexibility index (Phi) is 3.30. The Morgan fingerprint density at radius 3 is 2.95 bits per heavy atom. The molecule has 0 radical (unpaired) electrons. The first kappa shape index (κ1) is 13.1. The van der Waals surface area contributed by atoms with Crippen molar-refractivity contribution >= 4 is 16.7 Å². The minimum atomic E-state index is 0.777. The summed E-state index contributed by atoms with van der Waals surface area (Å²) in [6.07, 6.45) is 4.17. The topological polar surface area (TPSA) is 28.2 Å². The van der Waals surface area contributed by atoms with Crippen LogP contribution in [0, 0.1) is 12.8 Å². The van der Waals surface area contributed by atoms with Crippen LogP contribution >= 0.6 is 0 Å². The largest absolute Gasteiger partial charge is 0.370 e. The molecule has 0 spiro atoms. The molecule has 2 aliphatic rings. The maximum Gasteiger partial charge on any atom is 0.126 e. The molecule has 2 fully saturated rings. The fraction of sp³-hybridized carbons (Fsp3) is 0.500. The number of benzene rings is 1. The van der Waals surface area contributed by atoms with Crippen molar-refractivity contribution in [3.63, 3.8) is 0 Å². The molecule has 1 N–H and O–H groups in total. The number of hydrogen-bond acceptors (Lipinski definition) is 3. The summed E-state index contributed by atoms with van der Waals surface area (Å²) in [6.45, 7) is 5.78. The van der Waals surface area contributed by atoms with Gasteiger partial charge in [0.05, 0.1) is 5.52 Å². The molecule has 110 valence electrons. The zero-order valence-electron chi connectivity index (χ0n) is 12.7. The van der Waals surface area contributed by atoms with E-state index in [0.717, 1.165) is 29.8 Å². The maximum atomic E-state index is 4.74. The average Bonchev–Trinajstić information content (AvgIpc) is 3.24. The Morgan fingerprint density at radius 1 is 1.24 bits per heavy atom. The van der Waals surface area contributed by atoms with Crippen molar-refractivity contribution in [2.24, 2.45) is 5.92 Å². The van der Waals surface area contributed by atoms with E-state index in [1.807, 2.05) is 0 Å². The van der Waals surface area contributed by atoms with E-state index in [1.54, 1.807) is 0 Å². The van der Waals surface area contributed by atoms with Crippen LogP contribution in [0.2, 0.25) is 0 Å². The van der Waals surface area contributed by atoms with Gasteiger partial charge in [-0.2, -0.15) is 0 Å². The number of aromatic nitrogens is 1. The molecule has 3 heteroatoms. The molecule has 0 bridgehead atoms. The van der Waals surface area contributed by atoms with E-state index in [9.17, 15) is 0 Å². The van der Waals surface area contributed by atoms with Crippen LogP contribution in [0.5, 0.6) is 0 Å². The Hall–Kier alpha value is -1.61. The highest BCUT2D eigenvalue weighted by molar-refractivity contribution is 5.83. The lowest BCUT2D eigenvalue weighted by Crippen LogP contribution is -2.24. The molecule has 1 aliphatic heterocycles. The number of nitrogens with one attached hydrogen (secondary N) is 1. The first-order valence-corrected chi connectivity index (χ1v) is 8.14. The lowest BCUT2D eigenvalue weighted by atomic mass is 10.1. The van der Waals surface area contributed by atoms with Gasteiger partial charge in [-0.3, -0.25) is 0 Å². The lowest BCUT2D eigenvalue weighted by Gasteiger charge is -2.16. The molecule has 1 aliphatic carbocycles. The SMILES string of the molecule is Cc1cc(NCC2CCN(C3CC3)C2)nc2ccccc12. The fourth-order valence-electron chi connectivity index (χ4n) is 3.49. The van der Waals surface area contributed by atoms with Crippen molar-refractivity contribution in [2.75, 3.05) is 25.0 Å². The number of pyridine rings is 1. The van der Waals surface area contributed by atoms with E-state index in [1.165, 1.54) is 43.3 Å². The summed E-state index contributed by atoms with van der Waals surface area (Å²) in [7, 11) is 0. The van der Waals surface area contributed by atoms with Gasteiger partial charge in [0.25, 0.3) is 0 Å². The second-order valence-corrected chi connectivity index (χ2v) is 6.60. The number of para-hydroxylation sites is 1. The summed E-state index contributed by atoms with van der Waals surface area (Å²) in [5.41, 5.74) is 2.39. The monoisotopic (exact) mass is 281 g/mol. The predicted molar refractivity (Wildman–Crippen MR) is 87.7 cm³/mol. The van der Waals surface area contributed by atoms with Crippen molar-refractivity contribution in [1.29, 1.82) is 0 Å². The third kappa shape index (κ3) is 2.75. The Labute approximate surface area is 126 Å². The highest BCUT2D eigenvalue weighted by Gasteiger charge is 2.34. The molecule has 0 amide bonds. The molecule has 1 saturated heterocycles. The number of fused-ring (bicyclic) bond motifs is 1. The predicted octanol–water partition coefficient (Wildman–Crippen LogP) is 3.44. The smallest absolute Gasteiger partial charge is 0.126 e. The zero-order chi connectivity index (χ0) is 14.2. The minimum Gasteiger partial charge on any atom is -0.370 e. The van der Waals surface area contributed by atoms with Gasteiger partial charge in [0.1, 0.15) is 5.82 Å². The van der Waals surface area contributed by atoms with E-state index in [4.69, 9.17) is 4.98 Å². The van der Waals surface area contributed by atoms with E-state index in [0.29, 0.717) is 0 Å². The number of likely N-dealkylation sites (tertiary alicyclic amines) is 1. The molecule has 4 rings (SSSR count). The van der Waals surface area contributed by atoms with Gasteiger partial charge in [-0.25, -0.2) is 4.98 Å². The number of nitrogens with zero attached hydrogens (tertiary/aromatic N) is 2. The molecule has 1 unspecified atom stereocenters. The van der Waals surface area contributed by atoms with E-state index >= 15 is 0 Å². The molecular formula is C18H23N3. The fourth-order valence-corrected chi connectivity index (χ4v) is 3.49.